The number of pyridine rings is 1. The molecule has 1 atom stereocenters. The van der Waals surface area contributed by atoms with E-state index < -0.39 is 16.8 Å². The third-order valence-corrected chi connectivity index (χ3v) is 2.46. The Morgan fingerprint density at radius 3 is 2.94 bits per heavy atom. The highest BCUT2D eigenvalue weighted by Crippen LogP contribution is 2.26. The Morgan fingerprint density at radius 1 is 1.71 bits per heavy atom. The summed E-state index contributed by atoms with van der Waals surface area (Å²) in [6, 6.07) is 2.75. The van der Waals surface area contributed by atoms with Gasteiger partial charge in [0.2, 0.25) is 0 Å². The molecule has 0 aliphatic heterocycles. The van der Waals surface area contributed by atoms with Crippen LogP contribution in [0.4, 0.5) is 5.69 Å². The van der Waals surface area contributed by atoms with E-state index in [-0.39, 0.29) is 23.7 Å². The summed E-state index contributed by atoms with van der Waals surface area (Å²) in [5, 5.41) is 10.8. The number of aromatic nitrogens is 1. The summed E-state index contributed by atoms with van der Waals surface area (Å²) in [5.74, 6) is -1.26. The second kappa shape index (κ2) is 6.19. The average molecular weight is 256 g/mol. The van der Waals surface area contributed by atoms with Gasteiger partial charge in [0, 0.05) is 18.0 Å². The lowest BCUT2D eigenvalue weighted by molar-refractivity contribution is -0.386. The van der Waals surface area contributed by atoms with E-state index in [1.54, 1.807) is 6.92 Å². The monoisotopic (exact) mass is 256 g/mol. The van der Waals surface area contributed by atoms with Crippen molar-refractivity contribution in [1.29, 1.82) is 0 Å². The minimum Gasteiger partial charge on any atom is -0.465 e. The number of carbonyl (C=O) groups is 1. The molecule has 1 heterocycles. The first-order valence-electron chi connectivity index (χ1n) is 4.98. The second-order valence-corrected chi connectivity index (χ2v) is 3.52. The molecule has 0 aliphatic rings. The molecule has 92 valence electrons. The fourth-order valence-corrected chi connectivity index (χ4v) is 1.67. The smallest absolute Gasteiger partial charge is 0.316 e. The van der Waals surface area contributed by atoms with Gasteiger partial charge in [0.05, 0.1) is 11.5 Å². The highest BCUT2D eigenvalue weighted by molar-refractivity contribution is 7.80. The number of nitrogens with zero attached hydrogens (tertiary/aromatic N) is 2. The van der Waals surface area contributed by atoms with Gasteiger partial charge in [-0.05, 0) is 13.0 Å². The van der Waals surface area contributed by atoms with Gasteiger partial charge in [-0.3, -0.25) is 19.9 Å². The van der Waals surface area contributed by atoms with Gasteiger partial charge in [-0.15, -0.1) is 0 Å². The van der Waals surface area contributed by atoms with Gasteiger partial charge in [-0.25, -0.2) is 0 Å². The lowest BCUT2D eigenvalue weighted by Gasteiger charge is -2.12. The third-order valence-electron chi connectivity index (χ3n) is 2.10. The molecule has 6 nitrogen and oxygen atoms in total. The molecule has 0 saturated carbocycles. The maximum absolute atomic E-state index is 11.6. The lowest BCUT2D eigenvalue weighted by Crippen LogP contribution is -2.19. The van der Waals surface area contributed by atoms with Crippen molar-refractivity contribution in [3.63, 3.8) is 0 Å². The fraction of sp³-hybridized carbons (Fsp3) is 0.400. The molecule has 1 aromatic heterocycles. The maximum Gasteiger partial charge on any atom is 0.316 e. The number of ether oxygens (including phenoxy) is 1. The van der Waals surface area contributed by atoms with Crippen LogP contribution in [0.1, 0.15) is 18.5 Å². The summed E-state index contributed by atoms with van der Waals surface area (Å²) in [5.41, 5.74) is -0.106. The van der Waals surface area contributed by atoms with Crippen LogP contribution in [0.5, 0.6) is 0 Å². The zero-order valence-electron chi connectivity index (χ0n) is 9.20. The van der Waals surface area contributed by atoms with Gasteiger partial charge >= 0.3 is 5.97 Å². The molecular formula is C10H12N2O4S. The maximum atomic E-state index is 11.6. The predicted molar refractivity (Wildman–Crippen MR) is 64.1 cm³/mol. The molecule has 0 bridgehead atoms. The number of esters is 1. The minimum atomic E-state index is -0.820. The summed E-state index contributed by atoms with van der Waals surface area (Å²) in [7, 11) is 0. The Kier molecular flexibility index (Phi) is 4.89. The normalized spacial score (nSPS) is 11.9. The Balaban J connectivity index is 3.11. The standard InChI is InChI=1S/C10H12N2O4S/c1-2-16-10(13)7(6-17)9-8(12(14)15)4-3-5-11-9/h3-5,7,17H,2,6H2,1H3. The summed E-state index contributed by atoms with van der Waals surface area (Å²) >= 11 is 4.01. The van der Waals surface area contributed by atoms with E-state index >= 15 is 0 Å². The quantitative estimate of drug-likeness (QED) is 0.374. The molecule has 0 saturated heterocycles. The molecular weight excluding hydrogens is 244 g/mol. The number of hydrogen-bond acceptors (Lipinski definition) is 6. The van der Waals surface area contributed by atoms with Crippen molar-refractivity contribution in [2.24, 2.45) is 0 Å². The van der Waals surface area contributed by atoms with E-state index in [1.165, 1.54) is 18.3 Å². The molecule has 0 radical (unpaired) electrons. The minimum absolute atomic E-state index is 0.0888. The number of thiol groups is 1. The van der Waals surface area contributed by atoms with Crippen LogP contribution in [0, 0.1) is 10.1 Å². The van der Waals surface area contributed by atoms with E-state index in [0.717, 1.165) is 0 Å². The molecule has 7 heteroatoms. The Hall–Kier alpha value is -1.63. The Bertz CT molecular complexity index is 425. The van der Waals surface area contributed by atoms with Crippen molar-refractivity contribution in [1.82, 2.24) is 4.98 Å². The Morgan fingerprint density at radius 2 is 2.41 bits per heavy atom. The molecule has 17 heavy (non-hydrogen) atoms. The van der Waals surface area contributed by atoms with Crippen LogP contribution in [-0.4, -0.2) is 28.2 Å². The zero-order chi connectivity index (χ0) is 12.8. The van der Waals surface area contributed by atoms with E-state index in [0.29, 0.717) is 0 Å². The van der Waals surface area contributed by atoms with Crippen molar-refractivity contribution in [3.05, 3.63) is 34.1 Å². The summed E-state index contributed by atoms with van der Waals surface area (Å²) in [6.45, 7) is 1.88. The van der Waals surface area contributed by atoms with Crippen LogP contribution in [0.2, 0.25) is 0 Å². The van der Waals surface area contributed by atoms with Crippen LogP contribution in [0.25, 0.3) is 0 Å². The van der Waals surface area contributed by atoms with E-state index in [4.69, 9.17) is 4.74 Å². The van der Waals surface area contributed by atoms with Crippen LogP contribution >= 0.6 is 12.6 Å². The van der Waals surface area contributed by atoms with Crippen molar-refractivity contribution >= 4 is 24.3 Å². The van der Waals surface area contributed by atoms with Gasteiger partial charge in [0.1, 0.15) is 11.6 Å². The third kappa shape index (κ3) is 3.16. The highest BCUT2D eigenvalue weighted by atomic mass is 32.1. The van der Waals surface area contributed by atoms with Gasteiger partial charge in [0.25, 0.3) is 5.69 Å². The molecule has 0 spiro atoms. The SMILES string of the molecule is CCOC(=O)C(CS)c1ncccc1[N+](=O)[O-]. The first-order valence-corrected chi connectivity index (χ1v) is 5.61. The van der Waals surface area contributed by atoms with Crippen molar-refractivity contribution < 1.29 is 14.5 Å². The molecule has 1 unspecified atom stereocenters. The van der Waals surface area contributed by atoms with Crippen molar-refractivity contribution in [2.45, 2.75) is 12.8 Å². The molecule has 0 amide bonds. The molecule has 0 aliphatic carbocycles. The number of carbonyl (C=O) groups excluding carboxylic acids is 1. The Labute approximate surface area is 104 Å². The molecule has 0 N–H and O–H groups in total. The number of rotatable bonds is 5. The topological polar surface area (TPSA) is 82.3 Å². The van der Waals surface area contributed by atoms with E-state index in [1.807, 2.05) is 0 Å². The summed E-state index contributed by atoms with van der Waals surface area (Å²) < 4.78 is 4.83. The highest BCUT2D eigenvalue weighted by Gasteiger charge is 2.29. The molecule has 1 aromatic rings. The van der Waals surface area contributed by atoms with Gasteiger partial charge in [0.15, 0.2) is 0 Å². The number of nitro groups is 1. The van der Waals surface area contributed by atoms with Gasteiger partial charge in [-0.2, -0.15) is 12.6 Å². The van der Waals surface area contributed by atoms with Gasteiger partial charge < -0.3 is 4.74 Å². The lowest BCUT2D eigenvalue weighted by atomic mass is 10.1. The number of hydrogen-bond donors (Lipinski definition) is 1. The van der Waals surface area contributed by atoms with E-state index in [9.17, 15) is 14.9 Å². The van der Waals surface area contributed by atoms with Crippen LogP contribution in [0.3, 0.4) is 0 Å². The van der Waals surface area contributed by atoms with Crippen molar-refractivity contribution in [3.8, 4) is 0 Å². The first kappa shape index (κ1) is 13.4. The molecule has 1 rings (SSSR count). The largest absolute Gasteiger partial charge is 0.465 e. The zero-order valence-corrected chi connectivity index (χ0v) is 10.1. The van der Waals surface area contributed by atoms with E-state index in [2.05, 4.69) is 17.6 Å². The fourth-order valence-electron chi connectivity index (χ4n) is 1.35. The van der Waals surface area contributed by atoms with Crippen LogP contribution < -0.4 is 0 Å². The summed E-state index contributed by atoms with van der Waals surface area (Å²) in [6.07, 6.45) is 1.40. The van der Waals surface area contributed by atoms with Crippen LogP contribution in [-0.2, 0) is 9.53 Å². The predicted octanol–water partition coefficient (Wildman–Crippen LogP) is 1.57. The summed E-state index contributed by atoms with van der Waals surface area (Å²) in [4.78, 5) is 25.7. The molecule has 0 fully saturated rings. The van der Waals surface area contributed by atoms with Crippen molar-refractivity contribution in [2.75, 3.05) is 12.4 Å². The van der Waals surface area contributed by atoms with Gasteiger partial charge in [-0.1, -0.05) is 0 Å². The molecule has 0 aromatic carbocycles. The average Bonchev–Trinajstić information content (AvgIpc) is 2.31. The first-order chi connectivity index (χ1) is 8.11. The van der Waals surface area contributed by atoms with Crippen LogP contribution in [0.15, 0.2) is 18.3 Å². The second-order valence-electron chi connectivity index (χ2n) is 3.15.